The van der Waals surface area contributed by atoms with Gasteiger partial charge in [0.15, 0.2) is 11.7 Å². The van der Waals surface area contributed by atoms with Gasteiger partial charge in [-0.3, -0.25) is 4.99 Å². The van der Waals surface area contributed by atoms with Gasteiger partial charge in [-0.05, 0) is 24.5 Å². The molecule has 4 nitrogen and oxygen atoms in total. The van der Waals surface area contributed by atoms with Gasteiger partial charge in [-0.1, -0.05) is 18.2 Å². The van der Waals surface area contributed by atoms with Crippen LogP contribution in [0.5, 0.6) is 0 Å². The molecule has 0 radical (unpaired) electrons. The van der Waals surface area contributed by atoms with Gasteiger partial charge in [0.1, 0.15) is 5.82 Å². The van der Waals surface area contributed by atoms with Crippen molar-refractivity contribution in [3.05, 3.63) is 51.7 Å². The van der Waals surface area contributed by atoms with E-state index in [9.17, 15) is 17.6 Å². The minimum absolute atomic E-state index is 0.205. The molecule has 0 aliphatic heterocycles. The van der Waals surface area contributed by atoms with Gasteiger partial charge in [0.05, 0.1) is 5.01 Å². The van der Waals surface area contributed by atoms with E-state index in [1.165, 1.54) is 6.07 Å². The summed E-state index contributed by atoms with van der Waals surface area (Å²) in [5.41, 5.74) is -0.374. The highest BCUT2D eigenvalue weighted by Crippen LogP contribution is 2.48. The minimum atomic E-state index is -4.41. The van der Waals surface area contributed by atoms with Crippen LogP contribution in [0.25, 0.3) is 0 Å². The summed E-state index contributed by atoms with van der Waals surface area (Å²) in [7, 11) is 1.61. The van der Waals surface area contributed by atoms with Gasteiger partial charge in [0, 0.05) is 37.4 Å². The summed E-state index contributed by atoms with van der Waals surface area (Å²) in [5.74, 6) is 0.328. The maximum absolute atomic E-state index is 14.0. The number of guanidine groups is 1. The molecule has 2 N–H and O–H groups in total. The fourth-order valence-corrected chi connectivity index (χ4v) is 3.71. The first-order chi connectivity index (χ1) is 12.8. The predicted octanol–water partition coefficient (Wildman–Crippen LogP) is 3.74. The molecular weight excluding hydrogens is 380 g/mol. The van der Waals surface area contributed by atoms with Crippen molar-refractivity contribution in [1.29, 1.82) is 0 Å². The Bertz CT molecular complexity index is 812. The average molecular weight is 400 g/mol. The number of halogens is 4. The zero-order chi connectivity index (χ0) is 19.5. The van der Waals surface area contributed by atoms with Gasteiger partial charge in [0.25, 0.3) is 0 Å². The van der Waals surface area contributed by atoms with E-state index in [1.54, 1.807) is 19.2 Å². The summed E-state index contributed by atoms with van der Waals surface area (Å²) in [4.78, 5) is 7.71. The Morgan fingerprint density at radius 3 is 2.59 bits per heavy atom. The van der Waals surface area contributed by atoms with E-state index in [-0.39, 0.29) is 11.2 Å². The monoisotopic (exact) mass is 400 g/mol. The summed E-state index contributed by atoms with van der Waals surface area (Å²) in [6, 6.07) is 6.77. The molecule has 1 fully saturated rings. The second-order valence-corrected chi connectivity index (χ2v) is 7.43. The molecule has 0 unspecified atom stereocenters. The minimum Gasteiger partial charge on any atom is -0.356 e. The molecule has 1 aromatic heterocycles. The van der Waals surface area contributed by atoms with E-state index in [0.717, 1.165) is 29.6 Å². The van der Waals surface area contributed by atoms with Crippen LogP contribution in [0.2, 0.25) is 0 Å². The first-order valence-electron chi connectivity index (χ1n) is 8.55. The van der Waals surface area contributed by atoms with E-state index in [4.69, 9.17) is 0 Å². The van der Waals surface area contributed by atoms with E-state index >= 15 is 0 Å². The second-order valence-electron chi connectivity index (χ2n) is 6.49. The molecular formula is C18H20F4N4S. The third-order valence-corrected chi connectivity index (χ3v) is 5.50. The Kier molecular flexibility index (Phi) is 5.69. The van der Waals surface area contributed by atoms with Crippen molar-refractivity contribution in [2.45, 2.75) is 30.9 Å². The lowest BCUT2D eigenvalue weighted by atomic mass is 9.95. The van der Waals surface area contributed by atoms with Crippen LogP contribution in [0.3, 0.4) is 0 Å². The van der Waals surface area contributed by atoms with Crippen molar-refractivity contribution >= 4 is 17.3 Å². The van der Waals surface area contributed by atoms with Crippen LogP contribution in [0.4, 0.5) is 17.6 Å². The third-order valence-electron chi connectivity index (χ3n) is 4.59. The molecule has 0 spiro atoms. The van der Waals surface area contributed by atoms with E-state index in [2.05, 4.69) is 20.6 Å². The number of hydrogen-bond donors (Lipinski definition) is 2. The van der Waals surface area contributed by atoms with Gasteiger partial charge in [-0.2, -0.15) is 13.2 Å². The van der Waals surface area contributed by atoms with E-state index in [1.807, 2.05) is 6.07 Å². The highest BCUT2D eigenvalue weighted by molar-refractivity contribution is 7.09. The summed E-state index contributed by atoms with van der Waals surface area (Å²) >= 11 is 0.989. The number of aromatic nitrogens is 1. The van der Waals surface area contributed by atoms with Crippen LogP contribution >= 0.6 is 11.3 Å². The number of nitrogens with one attached hydrogen (secondary N) is 2. The van der Waals surface area contributed by atoms with Crippen LogP contribution < -0.4 is 10.6 Å². The molecule has 0 atom stereocenters. The standard InChI is InChI=1S/C18H20F4N4S/c1-23-16(24-9-6-15-26-14(10-27-15)18(20,21)22)25-11-17(7-8-17)12-4-2-3-5-13(12)19/h2-5,10H,6-9,11H2,1H3,(H2,23,24,25). The number of thiazole rings is 1. The quantitative estimate of drug-likeness (QED) is 0.441. The van der Waals surface area contributed by atoms with Crippen LogP contribution in [-0.2, 0) is 18.0 Å². The van der Waals surface area contributed by atoms with Crippen LogP contribution in [0.1, 0.15) is 29.1 Å². The lowest BCUT2D eigenvalue weighted by Gasteiger charge is -2.19. The van der Waals surface area contributed by atoms with Gasteiger partial charge in [-0.25, -0.2) is 9.37 Å². The molecule has 3 rings (SSSR count). The Balaban J connectivity index is 1.49. The van der Waals surface area contributed by atoms with E-state index in [0.29, 0.717) is 36.0 Å². The maximum atomic E-state index is 14.0. The van der Waals surface area contributed by atoms with Crippen molar-refractivity contribution in [2.75, 3.05) is 20.1 Å². The summed E-state index contributed by atoms with van der Waals surface area (Å²) in [5, 5.41) is 7.69. The lowest BCUT2D eigenvalue weighted by Crippen LogP contribution is -2.42. The van der Waals surface area contributed by atoms with Crippen molar-refractivity contribution in [2.24, 2.45) is 4.99 Å². The molecule has 0 amide bonds. The molecule has 1 aliphatic rings. The van der Waals surface area contributed by atoms with Crippen molar-refractivity contribution < 1.29 is 17.6 Å². The number of alkyl halides is 3. The molecule has 9 heteroatoms. The molecule has 0 saturated heterocycles. The SMILES string of the molecule is CN=C(NCCc1nc(C(F)(F)F)cs1)NCC1(c2ccccc2F)CC1. The Hall–Kier alpha value is -2.16. The summed E-state index contributed by atoms with van der Waals surface area (Å²) < 4.78 is 51.7. The summed E-state index contributed by atoms with van der Waals surface area (Å²) in [6.07, 6.45) is -2.25. The smallest absolute Gasteiger partial charge is 0.356 e. The molecule has 2 aromatic rings. The zero-order valence-electron chi connectivity index (χ0n) is 14.7. The molecule has 0 bridgehead atoms. The highest BCUT2D eigenvalue weighted by atomic mass is 32.1. The van der Waals surface area contributed by atoms with Crippen molar-refractivity contribution in [1.82, 2.24) is 15.6 Å². The van der Waals surface area contributed by atoms with Gasteiger partial charge in [-0.15, -0.1) is 11.3 Å². The zero-order valence-corrected chi connectivity index (χ0v) is 15.6. The number of benzene rings is 1. The fourth-order valence-electron chi connectivity index (χ4n) is 2.90. The number of nitrogens with zero attached hydrogens (tertiary/aromatic N) is 2. The number of aliphatic imine (C=N–C) groups is 1. The van der Waals surface area contributed by atoms with E-state index < -0.39 is 11.9 Å². The van der Waals surface area contributed by atoms with Gasteiger partial charge in [0.2, 0.25) is 0 Å². The van der Waals surface area contributed by atoms with Gasteiger partial charge >= 0.3 is 6.18 Å². The highest BCUT2D eigenvalue weighted by Gasteiger charge is 2.45. The molecule has 1 saturated carbocycles. The fraction of sp³-hybridized carbons (Fsp3) is 0.444. The topological polar surface area (TPSA) is 49.3 Å². The largest absolute Gasteiger partial charge is 0.434 e. The lowest BCUT2D eigenvalue weighted by molar-refractivity contribution is -0.140. The third kappa shape index (κ3) is 4.77. The van der Waals surface area contributed by atoms with Crippen LogP contribution in [0, 0.1) is 5.82 Å². The Morgan fingerprint density at radius 2 is 2.00 bits per heavy atom. The first-order valence-corrected chi connectivity index (χ1v) is 9.43. The maximum Gasteiger partial charge on any atom is 0.434 e. The molecule has 146 valence electrons. The summed E-state index contributed by atoms with van der Waals surface area (Å²) in [6.45, 7) is 0.945. The Morgan fingerprint density at radius 1 is 1.26 bits per heavy atom. The molecule has 27 heavy (non-hydrogen) atoms. The van der Waals surface area contributed by atoms with Crippen molar-refractivity contribution in [3.63, 3.8) is 0 Å². The first kappa shape index (κ1) is 19.6. The van der Waals surface area contributed by atoms with Gasteiger partial charge < -0.3 is 10.6 Å². The second kappa shape index (κ2) is 7.84. The average Bonchev–Trinajstić information content (AvgIpc) is 3.25. The molecule has 1 aliphatic carbocycles. The predicted molar refractivity (Wildman–Crippen MR) is 97.5 cm³/mol. The molecule has 1 aromatic carbocycles. The normalized spacial score (nSPS) is 16.3. The number of hydrogen-bond acceptors (Lipinski definition) is 3. The number of rotatable bonds is 6. The van der Waals surface area contributed by atoms with Crippen LogP contribution in [0.15, 0.2) is 34.6 Å². The molecule has 1 heterocycles. The van der Waals surface area contributed by atoms with Crippen LogP contribution in [-0.4, -0.2) is 31.1 Å². The Labute approximate surface area is 158 Å². The van der Waals surface area contributed by atoms with Crippen molar-refractivity contribution in [3.8, 4) is 0 Å².